The van der Waals surface area contributed by atoms with Gasteiger partial charge >= 0.3 is 0 Å². The van der Waals surface area contributed by atoms with Gasteiger partial charge in [-0.2, -0.15) is 0 Å². The van der Waals surface area contributed by atoms with Crippen molar-refractivity contribution in [3.63, 3.8) is 0 Å². The third kappa shape index (κ3) is 3.42. The van der Waals surface area contributed by atoms with E-state index in [1.807, 2.05) is 30.3 Å². The third-order valence-corrected chi connectivity index (χ3v) is 8.76. The highest BCUT2D eigenvalue weighted by atomic mass is 19.1. The van der Waals surface area contributed by atoms with Gasteiger partial charge in [-0.15, -0.1) is 0 Å². The minimum atomic E-state index is -0.725. The first-order valence-electron chi connectivity index (χ1n) is 13.6. The summed E-state index contributed by atoms with van der Waals surface area (Å²) < 4.78 is 14.0. The molecule has 4 heteroatoms. The molecular formula is C33H35FN2O. The number of hydrazine groups is 1. The summed E-state index contributed by atoms with van der Waals surface area (Å²) in [7, 11) is 0. The van der Waals surface area contributed by atoms with Crippen molar-refractivity contribution in [2.45, 2.75) is 57.7 Å². The van der Waals surface area contributed by atoms with Crippen molar-refractivity contribution < 1.29 is 9.18 Å². The average Bonchev–Trinajstić information content (AvgIpc) is 3.47. The molecule has 0 saturated carbocycles. The summed E-state index contributed by atoms with van der Waals surface area (Å²) in [6, 6.07) is 27.6. The summed E-state index contributed by atoms with van der Waals surface area (Å²) in [5.41, 5.74) is 5.10. The second-order valence-electron chi connectivity index (χ2n) is 11.3. The van der Waals surface area contributed by atoms with Crippen LogP contribution in [0.25, 0.3) is 5.57 Å². The Kier molecular flexibility index (Phi) is 5.93. The lowest BCUT2D eigenvalue weighted by molar-refractivity contribution is -0.174. The lowest BCUT2D eigenvalue weighted by Crippen LogP contribution is -2.68. The van der Waals surface area contributed by atoms with Crippen molar-refractivity contribution in [1.29, 1.82) is 0 Å². The van der Waals surface area contributed by atoms with Crippen molar-refractivity contribution in [3.05, 3.63) is 113 Å². The van der Waals surface area contributed by atoms with Crippen LogP contribution in [0.5, 0.6) is 0 Å². The predicted octanol–water partition coefficient (Wildman–Crippen LogP) is 7.04. The molecule has 0 amide bonds. The first-order valence-corrected chi connectivity index (χ1v) is 13.6. The van der Waals surface area contributed by atoms with Gasteiger partial charge in [-0.3, -0.25) is 4.79 Å². The second kappa shape index (κ2) is 9.04. The third-order valence-electron chi connectivity index (χ3n) is 8.76. The van der Waals surface area contributed by atoms with Crippen LogP contribution in [-0.2, 0) is 4.79 Å². The van der Waals surface area contributed by atoms with Crippen molar-refractivity contribution >= 4 is 11.4 Å². The zero-order valence-electron chi connectivity index (χ0n) is 22.1. The van der Waals surface area contributed by atoms with Crippen LogP contribution >= 0.6 is 0 Å². The molecule has 0 spiro atoms. The van der Waals surface area contributed by atoms with Crippen LogP contribution in [0.1, 0.15) is 62.8 Å². The topological polar surface area (TPSA) is 23.6 Å². The van der Waals surface area contributed by atoms with Gasteiger partial charge in [0.25, 0.3) is 0 Å². The van der Waals surface area contributed by atoms with Gasteiger partial charge in [0.2, 0.25) is 0 Å². The van der Waals surface area contributed by atoms with Crippen LogP contribution in [0.2, 0.25) is 0 Å². The molecule has 4 atom stereocenters. The van der Waals surface area contributed by atoms with Crippen molar-refractivity contribution in [3.8, 4) is 0 Å². The van der Waals surface area contributed by atoms with Crippen LogP contribution in [0.15, 0.2) is 90.5 Å². The molecule has 2 fully saturated rings. The monoisotopic (exact) mass is 494 g/mol. The molecule has 2 saturated heterocycles. The van der Waals surface area contributed by atoms with Crippen LogP contribution in [0.4, 0.5) is 4.39 Å². The Hall–Kier alpha value is -3.08. The number of halogens is 1. The first kappa shape index (κ1) is 24.3. The maximum atomic E-state index is 15.3. The zero-order chi connectivity index (χ0) is 25.9. The average molecular weight is 495 g/mol. The molecule has 6 rings (SSSR count). The molecule has 0 unspecified atom stereocenters. The number of carbonyl (C=O) groups excluding carboxylic acids is 1. The number of benzene rings is 3. The van der Waals surface area contributed by atoms with Crippen LogP contribution < -0.4 is 0 Å². The number of hydrogen-bond donors (Lipinski definition) is 0. The van der Waals surface area contributed by atoms with E-state index in [1.165, 1.54) is 28.8 Å². The van der Waals surface area contributed by atoms with E-state index in [4.69, 9.17) is 0 Å². The van der Waals surface area contributed by atoms with E-state index in [9.17, 15) is 4.39 Å². The number of ketones is 1. The minimum Gasteiger partial charge on any atom is -0.296 e. The maximum Gasteiger partial charge on any atom is 0.168 e. The fraction of sp³-hybridized carbons (Fsp3) is 0.364. The SMILES string of the molecule is CC(C)C1=C(c2ccccc2)[C@@H]2CCN3[C@@H](c4ccc(F)cc4)[C@H](c4ccccc4)C(=O)[C@@]1(C(C)C)N23. The Morgan fingerprint density at radius 2 is 1.46 bits per heavy atom. The van der Waals surface area contributed by atoms with Gasteiger partial charge in [0.15, 0.2) is 5.78 Å². The fourth-order valence-corrected chi connectivity index (χ4v) is 7.55. The van der Waals surface area contributed by atoms with Gasteiger partial charge in [0, 0.05) is 6.54 Å². The van der Waals surface area contributed by atoms with E-state index in [-0.39, 0.29) is 41.4 Å². The maximum absolute atomic E-state index is 15.3. The summed E-state index contributed by atoms with van der Waals surface area (Å²) in [5, 5.41) is 4.93. The number of carbonyl (C=O) groups is 1. The minimum absolute atomic E-state index is 0.0853. The van der Waals surface area contributed by atoms with Gasteiger partial charge in [-0.05, 0) is 58.2 Å². The largest absolute Gasteiger partial charge is 0.296 e. The molecular weight excluding hydrogens is 459 g/mol. The molecule has 0 aliphatic carbocycles. The van der Waals surface area contributed by atoms with Gasteiger partial charge in [0.1, 0.15) is 11.4 Å². The number of hydrogen-bond acceptors (Lipinski definition) is 3. The molecule has 3 heterocycles. The van der Waals surface area contributed by atoms with E-state index >= 15 is 4.79 Å². The highest BCUT2D eigenvalue weighted by Gasteiger charge is 2.68. The van der Waals surface area contributed by atoms with E-state index in [0.29, 0.717) is 0 Å². The smallest absolute Gasteiger partial charge is 0.168 e. The Balaban J connectivity index is 1.64. The van der Waals surface area contributed by atoms with Crippen LogP contribution in [0, 0.1) is 17.7 Å². The predicted molar refractivity (Wildman–Crippen MR) is 146 cm³/mol. The molecule has 190 valence electrons. The van der Waals surface area contributed by atoms with Gasteiger partial charge < -0.3 is 0 Å². The highest BCUT2D eigenvalue weighted by Crippen LogP contribution is 2.61. The summed E-state index contributed by atoms with van der Waals surface area (Å²) >= 11 is 0. The molecule has 37 heavy (non-hydrogen) atoms. The number of rotatable bonds is 5. The van der Waals surface area contributed by atoms with Crippen molar-refractivity contribution in [2.75, 3.05) is 6.54 Å². The highest BCUT2D eigenvalue weighted by molar-refractivity contribution is 6.03. The summed E-state index contributed by atoms with van der Waals surface area (Å²) in [5.74, 6) is -0.0436. The van der Waals surface area contributed by atoms with E-state index < -0.39 is 5.54 Å². The van der Waals surface area contributed by atoms with Gasteiger partial charge in [0.05, 0.1) is 18.0 Å². The van der Waals surface area contributed by atoms with E-state index in [0.717, 1.165) is 24.1 Å². The Morgan fingerprint density at radius 1 is 0.838 bits per heavy atom. The zero-order valence-corrected chi connectivity index (χ0v) is 22.1. The molecule has 0 N–H and O–H groups in total. The summed E-state index contributed by atoms with van der Waals surface area (Å²) in [6.07, 6.45) is 0.960. The fourth-order valence-electron chi connectivity index (χ4n) is 7.55. The van der Waals surface area contributed by atoms with E-state index in [2.05, 4.69) is 80.2 Å². The Bertz CT molecular complexity index is 1330. The lowest BCUT2D eigenvalue weighted by atomic mass is 9.64. The van der Waals surface area contributed by atoms with Crippen molar-refractivity contribution in [1.82, 2.24) is 10.0 Å². The van der Waals surface area contributed by atoms with Crippen molar-refractivity contribution in [2.24, 2.45) is 11.8 Å². The van der Waals surface area contributed by atoms with Crippen LogP contribution in [0.3, 0.4) is 0 Å². The van der Waals surface area contributed by atoms with Crippen LogP contribution in [-0.4, -0.2) is 33.9 Å². The van der Waals surface area contributed by atoms with E-state index in [1.54, 1.807) is 0 Å². The second-order valence-corrected chi connectivity index (χ2v) is 11.3. The van der Waals surface area contributed by atoms with Gasteiger partial charge in [-0.25, -0.2) is 14.4 Å². The van der Waals surface area contributed by atoms with Gasteiger partial charge in [-0.1, -0.05) is 100 Å². The first-order chi connectivity index (χ1) is 17.9. The molecule has 3 aromatic carbocycles. The molecule has 0 aromatic heterocycles. The number of Topliss-reactive ketones (excluding diaryl/α,β-unsaturated/α-hetero) is 1. The Morgan fingerprint density at radius 3 is 2.05 bits per heavy atom. The molecule has 0 radical (unpaired) electrons. The summed E-state index contributed by atoms with van der Waals surface area (Å²) in [6.45, 7) is 9.77. The normalized spacial score (nSPS) is 28.0. The quantitative estimate of drug-likeness (QED) is 0.380. The molecule has 3 nitrogen and oxygen atoms in total. The molecule has 0 bridgehead atoms. The molecule has 3 aromatic rings. The molecule has 3 aliphatic rings. The lowest BCUT2D eigenvalue weighted by Gasteiger charge is -2.56. The summed E-state index contributed by atoms with van der Waals surface area (Å²) in [4.78, 5) is 15.3. The number of nitrogens with zero attached hydrogens (tertiary/aromatic N) is 2. The molecule has 3 aliphatic heterocycles. The standard InChI is InChI=1S/C33H35FN2O/c1-21(2)30-28(23-11-7-5-8-12-23)27-19-20-35-31(25-15-17-26(34)18-16-25)29(24-13-9-6-10-14-24)32(37)33(30,22(3)4)36(27)35/h5-18,21-22,27,29,31H,19-20H2,1-4H3/t27-,29-,31-,33-/m0/s1. The Labute approximate surface area is 219 Å².